The molecule has 0 unspecified atom stereocenters. The quantitative estimate of drug-likeness (QED) is 0.573. The van der Waals surface area contributed by atoms with Crippen molar-refractivity contribution >= 4 is 8.80 Å². The summed E-state index contributed by atoms with van der Waals surface area (Å²) in [6, 6.07) is 0. The summed E-state index contributed by atoms with van der Waals surface area (Å²) in [7, 11) is 2.26. The molecule has 0 fully saturated rings. The Kier molecular flexibility index (Phi) is 8.27. The van der Waals surface area contributed by atoms with Gasteiger partial charge >= 0.3 is 8.80 Å². The van der Waals surface area contributed by atoms with Crippen LogP contribution in [0.5, 0.6) is 0 Å². The predicted molar refractivity (Wildman–Crippen MR) is 61.7 cm³/mol. The molecule has 0 bridgehead atoms. The van der Waals surface area contributed by atoms with Crippen molar-refractivity contribution in [1.82, 2.24) is 0 Å². The van der Waals surface area contributed by atoms with Crippen molar-refractivity contribution in [2.24, 2.45) is 5.92 Å². The molecule has 5 heteroatoms. The van der Waals surface area contributed by atoms with Crippen LogP contribution in [-0.4, -0.2) is 43.0 Å². The second-order valence-electron chi connectivity index (χ2n) is 3.49. The number of rotatable bonds is 9. The van der Waals surface area contributed by atoms with Crippen LogP contribution in [-0.2, 0) is 18.0 Å². The maximum atomic E-state index is 5.60. The second kappa shape index (κ2) is 8.24. The van der Waals surface area contributed by atoms with Crippen LogP contribution >= 0.6 is 0 Å². The summed E-state index contributed by atoms with van der Waals surface area (Å²) in [4.78, 5) is 0. The van der Waals surface area contributed by atoms with Gasteiger partial charge in [0, 0.05) is 27.9 Å². The summed E-state index contributed by atoms with van der Waals surface area (Å²) in [6.45, 7) is 5.09. The van der Waals surface area contributed by atoms with E-state index in [-0.39, 0.29) is 0 Å². The molecule has 0 amide bonds. The molecule has 0 atom stereocenters. The molecule has 0 rings (SSSR count). The maximum absolute atomic E-state index is 5.60. The molecule has 0 aromatic rings. The van der Waals surface area contributed by atoms with Crippen molar-refractivity contribution in [3.63, 3.8) is 0 Å². The molecule has 4 nitrogen and oxygen atoms in total. The minimum absolute atomic E-state index is 0.424. The molecule has 0 aliphatic rings. The third-order valence-corrected chi connectivity index (χ3v) is 5.14. The van der Waals surface area contributed by atoms with Gasteiger partial charge in [-0.3, -0.25) is 0 Å². The van der Waals surface area contributed by atoms with Crippen LogP contribution in [0.15, 0.2) is 0 Å². The average molecular weight is 236 g/mol. The topological polar surface area (TPSA) is 36.9 Å². The molecule has 0 radical (unpaired) electrons. The van der Waals surface area contributed by atoms with E-state index in [4.69, 9.17) is 18.0 Å². The van der Waals surface area contributed by atoms with Gasteiger partial charge in [0.2, 0.25) is 0 Å². The van der Waals surface area contributed by atoms with Crippen LogP contribution in [0.3, 0.4) is 0 Å². The first kappa shape index (κ1) is 15.1. The highest BCUT2D eigenvalue weighted by atomic mass is 28.4. The van der Waals surface area contributed by atoms with E-state index in [0.717, 1.165) is 19.4 Å². The Balaban J connectivity index is 3.89. The smallest absolute Gasteiger partial charge is 0.377 e. The fourth-order valence-electron chi connectivity index (χ4n) is 1.30. The average Bonchev–Trinajstić information content (AvgIpc) is 2.31. The number of ether oxygens (including phenoxy) is 1. The number of hydrogen-bond acceptors (Lipinski definition) is 4. The van der Waals surface area contributed by atoms with Crippen LogP contribution in [0.4, 0.5) is 0 Å². The first-order valence-electron chi connectivity index (χ1n) is 5.41. The van der Waals surface area contributed by atoms with Crippen LogP contribution in [0.2, 0.25) is 0 Å². The summed E-state index contributed by atoms with van der Waals surface area (Å²) in [6.07, 6.45) is 2.70. The first-order valence-corrected chi connectivity index (χ1v) is 7.34. The van der Waals surface area contributed by atoms with E-state index in [2.05, 4.69) is 13.8 Å². The van der Waals surface area contributed by atoms with E-state index in [0.29, 0.717) is 12.1 Å². The van der Waals surface area contributed by atoms with Gasteiger partial charge in [-0.2, -0.15) is 0 Å². The van der Waals surface area contributed by atoms with E-state index >= 15 is 0 Å². The van der Waals surface area contributed by atoms with Crippen molar-refractivity contribution in [2.45, 2.75) is 26.7 Å². The molecule has 0 saturated heterocycles. The fourth-order valence-corrected chi connectivity index (χ4v) is 2.52. The minimum Gasteiger partial charge on any atom is -0.377 e. The Labute approximate surface area is 94.2 Å². The largest absolute Gasteiger partial charge is 0.527 e. The van der Waals surface area contributed by atoms with Gasteiger partial charge in [0.05, 0.1) is 0 Å². The third kappa shape index (κ3) is 5.08. The summed E-state index contributed by atoms with van der Waals surface area (Å²) in [5, 5.41) is 0. The Morgan fingerprint density at radius 1 is 0.933 bits per heavy atom. The van der Waals surface area contributed by atoms with Crippen LogP contribution in [0.1, 0.15) is 26.7 Å². The van der Waals surface area contributed by atoms with Crippen molar-refractivity contribution in [3.8, 4) is 0 Å². The lowest BCUT2D eigenvalue weighted by atomic mass is 10.1. The highest BCUT2D eigenvalue weighted by molar-refractivity contribution is 6.60. The molecule has 0 heterocycles. The van der Waals surface area contributed by atoms with Gasteiger partial charge in [0.15, 0.2) is 0 Å². The Bertz CT molecular complexity index is 138. The third-order valence-electron chi connectivity index (χ3n) is 2.72. The van der Waals surface area contributed by atoms with E-state index < -0.39 is 8.80 Å². The van der Waals surface area contributed by atoms with Gasteiger partial charge in [-0.25, -0.2) is 0 Å². The molecule has 0 aliphatic heterocycles. The molecule has 15 heavy (non-hydrogen) atoms. The maximum Gasteiger partial charge on any atom is 0.527 e. The fraction of sp³-hybridized carbons (Fsp3) is 1.00. The molecular formula is C10H24O4Si. The van der Waals surface area contributed by atoms with Crippen molar-refractivity contribution < 1.29 is 18.0 Å². The van der Waals surface area contributed by atoms with Crippen LogP contribution < -0.4 is 0 Å². The zero-order chi connectivity index (χ0) is 11.7. The zero-order valence-electron chi connectivity index (χ0n) is 10.5. The van der Waals surface area contributed by atoms with Crippen molar-refractivity contribution in [1.29, 1.82) is 0 Å². The predicted octanol–water partition coefficient (Wildman–Crippen LogP) is 1.86. The normalized spacial score (nSPS) is 12.4. The summed E-state index contributed by atoms with van der Waals surface area (Å²) in [5.41, 5.74) is 0. The van der Waals surface area contributed by atoms with E-state index in [9.17, 15) is 0 Å². The minimum atomic E-state index is -2.53. The molecule has 0 aromatic carbocycles. The SMILES string of the molecule is CCC(CC)COC[Si](OC)(OC)OC. The first-order chi connectivity index (χ1) is 7.17. The standard InChI is InChI=1S/C10H24O4Si/c1-6-10(7-2)8-14-9-15(11-3,12-4)13-5/h10H,6-9H2,1-5H3. The van der Waals surface area contributed by atoms with Gasteiger partial charge < -0.3 is 18.0 Å². The van der Waals surface area contributed by atoms with E-state index in [1.807, 2.05) is 0 Å². The summed E-state index contributed by atoms with van der Waals surface area (Å²) < 4.78 is 21.4. The van der Waals surface area contributed by atoms with E-state index in [1.54, 1.807) is 21.3 Å². The zero-order valence-corrected chi connectivity index (χ0v) is 11.5. The highest BCUT2D eigenvalue weighted by Crippen LogP contribution is 2.11. The Morgan fingerprint density at radius 3 is 1.73 bits per heavy atom. The highest BCUT2D eigenvalue weighted by Gasteiger charge is 2.38. The van der Waals surface area contributed by atoms with Gasteiger partial charge in [-0.15, -0.1) is 0 Å². The summed E-state index contributed by atoms with van der Waals surface area (Å²) in [5.74, 6) is 0.613. The lowest BCUT2D eigenvalue weighted by molar-refractivity contribution is 0.0499. The Morgan fingerprint density at radius 2 is 1.40 bits per heavy atom. The van der Waals surface area contributed by atoms with Crippen molar-refractivity contribution in [3.05, 3.63) is 0 Å². The van der Waals surface area contributed by atoms with E-state index in [1.165, 1.54) is 0 Å². The molecule has 92 valence electrons. The molecular weight excluding hydrogens is 212 g/mol. The lowest BCUT2D eigenvalue weighted by Crippen LogP contribution is -2.48. The second-order valence-corrected chi connectivity index (χ2v) is 6.37. The van der Waals surface area contributed by atoms with Crippen molar-refractivity contribution in [2.75, 3.05) is 34.2 Å². The van der Waals surface area contributed by atoms with Gasteiger partial charge in [-0.1, -0.05) is 26.7 Å². The lowest BCUT2D eigenvalue weighted by Gasteiger charge is -2.24. The molecule has 0 saturated carbocycles. The van der Waals surface area contributed by atoms with Crippen LogP contribution in [0, 0.1) is 5.92 Å². The monoisotopic (exact) mass is 236 g/mol. The Hall–Kier alpha value is 0.0569. The molecule has 0 N–H and O–H groups in total. The van der Waals surface area contributed by atoms with Gasteiger partial charge in [-0.05, 0) is 5.92 Å². The number of hydrogen-bond donors (Lipinski definition) is 0. The molecule has 0 spiro atoms. The van der Waals surface area contributed by atoms with Gasteiger partial charge in [0.25, 0.3) is 0 Å². The molecule has 0 aromatic heterocycles. The molecule has 0 aliphatic carbocycles. The summed E-state index contributed by atoms with van der Waals surface area (Å²) >= 11 is 0. The van der Waals surface area contributed by atoms with Gasteiger partial charge in [0.1, 0.15) is 6.23 Å². The van der Waals surface area contributed by atoms with Crippen LogP contribution in [0.25, 0.3) is 0 Å².